The van der Waals surface area contributed by atoms with Gasteiger partial charge in [0.05, 0.1) is 21.7 Å². The first-order chi connectivity index (χ1) is 13.0. The molecule has 0 fully saturated rings. The summed E-state index contributed by atoms with van der Waals surface area (Å²) in [5, 5.41) is 17.2. The molecule has 0 saturated heterocycles. The van der Waals surface area contributed by atoms with E-state index in [1.165, 1.54) is 23.9 Å². The average Bonchev–Trinajstić information content (AvgIpc) is 3.00. The molecular formula is C19H14N4O3S. The van der Waals surface area contributed by atoms with Gasteiger partial charge in [-0.25, -0.2) is 4.98 Å². The second-order valence-electron chi connectivity index (χ2n) is 5.95. The summed E-state index contributed by atoms with van der Waals surface area (Å²) >= 11 is 1.48. The zero-order valence-electron chi connectivity index (χ0n) is 14.2. The summed E-state index contributed by atoms with van der Waals surface area (Å²) in [6.45, 7) is 1.81. The molecular weight excluding hydrogens is 364 g/mol. The highest BCUT2D eigenvalue weighted by Gasteiger charge is 2.15. The molecule has 134 valence electrons. The quantitative estimate of drug-likeness (QED) is 0.407. The molecule has 2 N–H and O–H groups in total. The van der Waals surface area contributed by atoms with Gasteiger partial charge in [0.25, 0.3) is 11.2 Å². The van der Waals surface area contributed by atoms with Gasteiger partial charge in [0.1, 0.15) is 0 Å². The summed E-state index contributed by atoms with van der Waals surface area (Å²) < 4.78 is 0. The number of hydrogen-bond donors (Lipinski definition) is 2. The Labute approximate surface area is 157 Å². The minimum Gasteiger partial charge on any atom is -0.302 e. The van der Waals surface area contributed by atoms with E-state index in [0.29, 0.717) is 17.0 Å². The topological polar surface area (TPSA) is 105 Å². The standard InChI is InChI=1S/C19H14N4O3S/c1-11-18(19(24)22-21-11)16-10-17(14-4-2-3-5-15(14)20-16)27-13-8-6-12(7-9-13)23(25)26/h2-10H,1H3,(H2,21,22,24). The van der Waals surface area contributed by atoms with Crippen LogP contribution in [-0.2, 0) is 0 Å². The summed E-state index contributed by atoms with van der Waals surface area (Å²) in [6.07, 6.45) is 0. The van der Waals surface area contributed by atoms with Gasteiger partial charge in [0, 0.05) is 33.0 Å². The van der Waals surface area contributed by atoms with E-state index in [-0.39, 0.29) is 11.2 Å². The zero-order valence-corrected chi connectivity index (χ0v) is 15.0. The third-order valence-corrected chi connectivity index (χ3v) is 5.24. The SMILES string of the molecule is Cc1[nH][nH]c(=O)c1-c1cc(Sc2ccc([N+](=O)[O-])cc2)c2ccccc2n1. The van der Waals surface area contributed by atoms with Crippen LogP contribution in [0, 0.1) is 17.0 Å². The fourth-order valence-electron chi connectivity index (χ4n) is 2.87. The van der Waals surface area contributed by atoms with Gasteiger partial charge in [-0.1, -0.05) is 30.0 Å². The van der Waals surface area contributed by atoms with Crippen LogP contribution >= 0.6 is 11.8 Å². The molecule has 0 aliphatic rings. The Hall–Kier alpha value is -3.39. The van der Waals surface area contributed by atoms with E-state index >= 15 is 0 Å². The maximum absolute atomic E-state index is 12.2. The number of hydrogen-bond acceptors (Lipinski definition) is 5. The summed E-state index contributed by atoms with van der Waals surface area (Å²) in [4.78, 5) is 29.0. The highest BCUT2D eigenvalue weighted by atomic mass is 32.2. The molecule has 2 aromatic carbocycles. The van der Waals surface area contributed by atoms with E-state index in [2.05, 4.69) is 15.2 Å². The second-order valence-corrected chi connectivity index (χ2v) is 7.07. The maximum Gasteiger partial charge on any atom is 0.273 e. The number of nitro benzene ring substituents is 1. The lowest BCUT2D eigenvalue weighted by atomic mass is 10.1. The number of fused-ring (bicyclic) bond motifs is 1. The van der Waals surface area contributed by atoms with Gasteiger partial charge in [-0.15, -0.1) is 0 Å². The number of nitrogens with zero attached hydrogens (tertiary/aromatic N) is 2. The Bertz CT molecular complexity index is 1210. The molecule has 0 unspecified atom stereocenters. The summed E-state index contributed by atoms with van der Waals surface area (Å²) in [5.41, 5.74) is 2.41. The molecule has 0 aliphatic carbocycles. The maximum atomic E-state index is 12.2. The second kappa shape index (κ2) is 6.73. The third-order valence-electron chi connectivity index (χ3n) is 4.18. The van der Waals surface area contributed by atoms with Crippen LogP contribution in [0.25, 0.3) is 22.2 Å². The number of aromatic amines is 2. The van der Waals surface area contributed by atoms with Crippen LogP contribution in [0.5, 0.6) is 0 Å². The van der Waals surface area contributed by atoms with E-state index in [9.17, 15) is 14.9 Å². The largest absolute Gasteiger partial charge is 0.302 e. The molecule has 8 heteroatoms. The van der Waals surface area contributed by atoms with E-state index in [1.807, 2.05) is 37.3 Å². The number of nitro groups is 1. The lowest BCUT2D eigenvalue weighted by Crippen LogP contribution is -2.03. The zero-order chi connectivity index (χ0) is 19.0. The van der Waals surface area contributed by atoms with E-state index in [1.54, 1.807) is 12.1 Å². The van der Waals surface area contributed by atoms with Crippen LogP contribution in [0.2, 0.25) is 0 Å². The number of H-pyrrole nitrogens is 2. The molecule has 0 bridgehead atoms. The van der Waals surface area contributed by atoms with Gasteiger partial charge in [0.15, 0.2) is 0 Å². The number of para-hydroxylation sites is 1. The first-order valence-electron chi connectivity index (χ1n) is 8.12. The van der Waals surface area contributed by atoms with Crippen LogP contribution in [0.4, 0.5) is 5.69 Å². The molecule has 0 saturated carbocycles. The van der Waals surface area contributed by atoms with Crippen LogP contribution in [0.15, 0.2) is 69.2 Å². The molecule has 2 aromatic heterocycles. The number of aromatic nitrogens is 3. The molecule has 0 amide bonds. The average molecular weight is 378 g/mol. The van der Waals surface area contributed by atoms with Gasteiger partial charge < -0.3 is 5.10 Å². The molecule has 7 nitrogen and oxygen atoms in total. The van der Waals surface area contributed by atoms with E-state index in [4.69, 9.17) is 0 Å². The highest BCUT2D eigenvalue weighted by molar-refractivity contribution is 7.99. The van der Waals surface area contributed by atoms with E-state index in [0.717, 1.165) is 20.7 Å². The van der Waals surface area contributed by atoms with Crippen molar-refractivity contribution in [3.63, 3.8) is 0 Å². The van der Waals surface area contributed by atoms with E-state index < -0.39 is 4.92 Å². The van der Waals surface area contributed by atoms with Crippen LogP contribution in [0.1, 0.15) is 5.69 Å². The minimum atomic E-state index is -0.421. The Balaban J connectivity index is 1.84. The molecule has 0 atom stereocenters. The van der Waals surface area contributed by atoms with Gasteiger partial charge in [-0.3, -0.25) is 20.0 Å². The Kier molecular flexibility index (Phi) is 4.25. The van der Waals surface area contributed by atoms with Crippen molar-refractivity contribution in [1.29, 1.82) is 0 Å². The molecule has 2 heterocycles. The number of aryl methyl sites for hydroxylation is 1. The van der Waals surface area contributed by atoms with Crippen molar-refractivity contribution in [3.05, 3.63) is 80.8 Å². The van der Waals surface area contributed by atoms with Crippen molar-refractivity contribution >= 4 is 28.4 Å². The van der Waals surface area contributed by atoms with Gasteiger partial charge >= 0.3 is 0 Å². The number of nitrogens with one attached hydrogen (secondary N) is 2. The minimum absolute atomic E-state index is 0.0501. The lowest BCUT2D eigenvalue weighted by Gasteiger charge is -2.09. The van der Waals surface area contributed by atoms with Gasteiger partial charge in [-0.05, 0) is 31.2 Å². The lowest BCUT2D eigenvalue weighted by molar-refractivity contribution is -0.384. The van der Waals surface area contributed by atoms with Crippen molar-refractivity contribution in [3.8, 4) is 11.3 Å². The highest BCUT2D eigenvalue weighted by Crippen LogP contribution is 2.36. The Morgan fingerprint density at radius 2 is 1.81 bits per heavy atom. The molecule has 0 aliphatic heterocycles. The molecule has 4 aromatic rings. The fourth-order valence-corrected chi connectivity index (χ4v) is 3.85. The monoisotopic (exact) mass is 378 g/mol. The van der Waals surface area contributed by atoms with Crippen molar-refractivity contribution in [2.45, 2.75) is 16.7 Å². The molecule has 4 rings (SSSR count). The summed E-state index contributed by atoms with van der Waals surface area (Å²) in [5.74, 6) is 0. The molecule has 0 spiro atoms. The molecule has 27 heavy (non-hydrogen) atoms. The Morgan fingerprint density at radius 3 is 2.48 bits per heavy atom. The van der Waals surface area contributed by atoms with Crippen molar-refractivity contribution in [1.82, 2.24) is 15.2 Å². The van der Waals surface area contributed by atoms with Crippen LogP contribution < -0.4 is 5.56 Å². The summed E-state index contributed by atoms with van der Waals surface area (Å²) in [7, 11) is 0. The molecule has 0 radical (unpaired) electrons. The van der Waals surface area contributed by atoms with Crippen LogP contribution in [0.3, 0.4) is 0 Å². The normalized spacial score (nSPS) is 11.0. The van der Waals surface area contributed by atoms with Gasteiger partial charge in [0.2, 0.25) is 0 Å². The van der Waals surface area contributed by atoms with Gasteiger partial charge in [-0.2, -0.15) is 0 Å². The third kappa shape index (κ3) is 3.22. The first kappa shape index (κ1) is 17.0. The van der Waals surface area contributed by atoms with Crippen molar-refractivity contribution in [2.24, 2.45) is 0 Å². The number of pyridine rings is 1. The first-order valence-corrected chi connectivity index (χ1v) is 8.94. The number of non-ortho nitro benzene ring substituents is 1. The fraction of sp³-hybridized carbons (Fsp3) is 0.0526. The van der Waals surface area contributed by atoms with Crippen LogP contribution in [-0.4, -0.2) is 20.1 Å². The number of benzene rings is 2. The predicted octanol–water partition coefficient (Wildman–Crippen LogP) is 4.29. The predicted molar refractivity (Wildman–Crippen MR) is 104 cm³/mol. The number of rotatable bonds is 4. The van der Waals surface area contributed by atoms with Crippen molar-refractivity contribution in [2.75, 3.05) is 0 Å². The Morgan fingerprint density at radius 1 is 1.07 bits per heavy atom. The smallest absolute Gasteiger partial charge is 0.273 e. The van der Waals surface area contributed by atoms with Crippen molar-refractivity contribution < 1.29 is 4.92 Å². The summed E-state index contributed by atoms with van der Waals surface area (Å²) in [6, 6.07) is 16.0.